The highest BCUT2D eigenvalue weighted by Gasteiger charge is 2.44. The first-order valence-electron chi connectivity index (χ1n) is 10.1. The van der Waals surface area contributed by atoms with Gasteiger partial charge >= 0.3 is 18.2 Å². The largest absolute Gasteiger partial charge is 0.490 e. The van der Waals surface area contributed by atoms with Gasteiger partial charge in [0.15, 0.2) is 0 Å². The molecule has 1 spiro atoms. The topological polar surface area (TPSA) is 82.1 Å². The molecule has 2 heterocycles. The zero-order valence-electron chi connectivity index (χ0n) is 17.1. The number of urea groups is 1. The first kappa shape index (κ1) is 23.7. The van der Waals surface area contributed by atoms with Crippen molar-refractivity contribution in [2.75, 3.05) is 40.3 Å². The second-order valence-electron chi connectivity index (χ2n) is 8.50. The molecule has 29 heavy (non-hydrogen) atoms. The average molecular weight is 423 g/mol. The Bertz CT molecular complexity index is 567. The van der Waals surface area contributed by atoms with E-state index in [1.807, 2.05) is 0 Å². The number of hydrogen-bond acceptors (Lipinski definition) is 4. The summed E-state index contributed by atoms with van der Waals surface area (Å²) in [5.41, 5.74) is -0.0128. The van der Waals surface area contributed by atoms with Gasteiger partial charge in [0.05, 0.1) is 5.60 Å². The van der Waals surface area contributed by atoms with Crippen molar-refractivity contribution in [3.05, 3.63) is 0 Å². The molecule has 0 unspecified atom stereocenters. The number of rotatable bonds is 3. The quantitative estimate of drug-likeness (QED) is 0.730. The van der Waals surface area contributed by atoms with Crippen molar-refractivity contribution < 1.29 is 32.6 Å². The number of halogens is 3. The van der Waals surface area contributed by atoms with Crippen LogP contribution in [0.4, 0.5) is 18.0 Å². The van der Waals surface area contributed by atoms with Crippen molar-refractivity contribution in [1.82, 2.24) is 15.1 Å². The third-order valence-corrected chi connectivity index (χ3v) is 5.86. The lowest BCUT2D eigenvalue weighted by molar-refractivity contribution is -0.192. The van der Waals surface area contributed by atoms with Gasteiger partial charge in [-0.25, -0.2) is 9.59 Å². The van der Waals surface area contributed by atoms with Gasteiger partial charge < -0.3 is 25.0 Å². The predicted molar refractivity (Wildman–Crippen MR) is 101 cm³/mol. The average Bonchev–Trinajstić information content (AvgIpc) is 3.25. The Morgan fingerprint density at radius 1 is 1.24 bits per heavy atom. The molecule has 7 nitrogen and oxygen atoms in total. The Balaban J connectivity index is 0.000000370. The van der Waals surface area contributed by atoms with E-state index in [0.717, 1.165) is 44.9 Å². The van der Waals surface area contributed by atoms with E-state index in [4.69, 9.17) is 14.6 Å². The summed E-state index contributed by atoms with van der Waals surface area (Å²) in [6, 6.07) is 0.276. The van der Waals surface area contributed by atoms with Crippen molar-refractivity contribution >= 4 is 12.0 Å². The Morgan fingerprint density at radius 3 is 2.41 bits per heavy atom. The molecule has 10 heteroatoms. The highest BCUT2D eigenvalue weighted by molar-refractivity contribution is 5.74. The van der Waals surface area contributed by atoms with Gasteiger partial charge in [-0.1, -0.05) is 12.8 Å². The summed E-state index contributed by atoms with van der Waals surface area (Å²) in [7, 11) is 3.59. The monoisotopic (exact) mass is 423 g/mol. The van der Waals surface area contributed by atoms with E-state index in [2.05, 4.69) is 10.2 Å². The number of carboxylic acid groups (broad SMARTS) is 1. The van der Waals surface area contributed by atoms with E-state index in [1.54, 1.807) is 19.0 Å². The van der Waals surface area contributed by atoms with E-state index < -0.39 is 12.1 Å². The fourth-order valence-electron chi connectivity index (χ4n) is 4.38. The molecule has 2 aliphatic heterocycles. The molecule has 0 bridgehead atoms. The fraction of sp³-hybridized carbons (Fsp3) is 0.895. The van der Waals surface area contributed by atoms with Crippen molar-refractivity contribution in [2.45, 2.75) is 62.8 Å². The molecule has 0 aromatic heterocycles. The van der Waals surface area contributed by atoms with Crippen LogP contribution in [0.1, 0.15) is 44.9 Å². The summed E-state index contributed by atoms with van der Waals surface area (Å²) >= 11 is 0. The van der Waals surface area contributed by atoms with Gasteiger partial charge in [-0.05, 0) is 38.0 Å². The number of alkyl halides is 3. The van der Waals surface area contributed by atoms with Crippen LogP contribution in [0.3, 0.4) is 0 Å². The lowest BCUT2D eigenvalue weighted by Gasteiger charge is -2.39. The number of ether oxygens (including phenoxy) is 1. The SMILES string of the molecule is CN(C)C(=O)N[C@H]1CCO[C@]2(CCN(CC3CCCC3)C2)C1.O=C(O)C(F)(F)F. The van der Waals surface area contributed by atoms with Crippen LogP contribution >= 0.6 is 0 Å². The van der Waals surface area contributed by atoms with E-state index >= 15 is 0 Å². The van der Waals surface area contributed by atoms with Gasteiger partial charge in [0.2, 0.25) is 0 Å². The van der Waals surface area contributed by atoms with Crippen molar-refractivity contribution in [2.24, 2.45) is 5.92 Å². The maximum atomic E-state index is 11.9. The molecule has 3 aliphatic rings. The van der Waals surface area contributed by atoms with Crippen LogP contribution in [-0.4, -0.2) is 85.1 Å². The maximum absolute atomic E-state index is 11.9. The fourth-order valence-corrected chi connectivity index (χ4v) is 4.38. The number of hydrogen-bond donors (Lipinski definition) is 2. The molecule has 1 saturated carbocycles. The first-order chi connectivity index (χ1) is 13.5. The van der Waals surface area contributed by atoms with Crippen LogP contribution in [-0.2, 0) is 9.53 Å². The maximum Gasteiger partial charge on any atom is 0.490 e. The zero-order chi connectivity index (χ0) is 21.7. The molecule has 1 aliphatic carbocycles. The molecule has 2 atom stereocenters. The molecule has 2 N–H and O–H groups in total. The lowest BCUT2D eigenvalue weighted by atomic mass is 9.89. The normalized spacial score (nSPS) is 28.1. The van der Waals surface area contributed by atoms with E-state index in [1.165, 1.54) is 32.2 Å². The minimum Gasteiger partial charge on any atom is -0.475 e. The Kier molecular flexibility index (Phi) is 8.16. The standard InChI is InChI=1S/C17H31N3O2.C2HF3O2/c1-19(2)16(21)18-15-7-10-22-17(11-15)8-9-20(13-17)12-14-5-3-4-6-14;3-2(4,5)1(6)7/h14-15H,3-13H2,1-2H3,(H,18,21);(H,6,7)/t15-,17+;/m0./s1. The van der Waals surface area contributed by atoms with Crippen LogP contribution in [0.25, 0.3) is 0 Å². The Morgan fingerprint density at radius 2 is 1.86 bits per heavy atom. The molecule has 168 valence electrons. The zero-order valence-corrected chi connectivity index (χ0v) is 17.1. The predicted octanol–water partition coefficient (Wildman–Crippen LogP) is 2.70. The first-order valence-corrected chi connectivity index (χ1v) is 10.1. The van der Waals surface area contributed by atoms with E-state index in [0.29, 0.717) is 0 Å². The molecule has 2 saturated heterocycles. The van der Waals surface area contributed by atoms with Gasteiger partial charge in [0, 0.05) is 46.4 Å². The van der Waals surface area contributed by atoms with Crippen molar-refractivity contribution in [3.8, 4) is 0 Å². The number of carbonyl (C=O) groups is 2. The molecule has 0 radical (unpaired) electrons. The number of aliphatic carboxylic acids is 1. The second kappa shape index (κ2) is 9.97. The number of amides is 2. The summed E-state index contributed by atoms with van der Waals surface area (Å²) < 4.78 is 37.9. The van der Waals surface area contributed by atoms with E-state index in [9.17, 15) is 18.0 Å². The minimum atomic E-state index is -5.08. The van der Waals surface area contributed by atoms with Crippen LogP contribution < -0.4 is 5.32 Å². The molecule has 0 aromatic rings. The van der Waals surface area contributed by atoms with Crippen molar-refractivity contribution in [1.29, 1.82) is 0 Å². The summed E-state index contributed by atoms with van der Waals surface area (Å²) in [6.07, 6.45) is 3.58. The van der Waals surface area contributed by atoms with Crippen LogP contribution in [0.15, 0.2) is 0 Å². The molecular weight excluding hydrogens is 391 g/mol. The number of likely N-dealkylation sites (tertiary alicyclic amines) is 1. The highest BCUT2D eigenvalue weighted by Crippen LogP contribution is 2.36. The highest BCUT2D eigenvalue weighted by atomic mass is 19.4. The molecule has 0 aromatic carbocycles. The van der Waals surface area contributed by atoms with Gasteiger partial charge in [-0.2, -0.15) is 13.2 Å². The second-order valence-corrected chi connectivity index (χ2v) is 8.50. The number of nitrogens with one attached hydrogen (secondary N) is 1. The molecule has 3 fully saturated rings. The summed E-state index contributed by atoms with van der Waals surface area (Å²) in [6.45, 7) is 4.23. The summed E-state index contributed by atoms with van der Waals surface area (Å²) in [5, 5.41) is 10.3. The van der Waals surface area contributed by atoms with Crippen molar-refractivity contribution in [3.63, 3.8) is 0 Å². The summed E-state index contributed by atoms with van der Waals surface area (Å²) in [5.74, 6) is -1.85. The number of carboxylic acids is 1. The van der Waals surface area contributed by atoms with Gasteiger partial charge in [-0.3, -0.25) is 0 Å². The molecular formula is C19H32F3N3O4. The number of carbonyl (C=O) groups excluding carboxylic acids is 1. The summed E-state index contributed by atoms with van der Waals surface area (Å²) in [4.78, 5) is 25.0. The number of nitrogens with zero attached hydrogens (tertiary/aromatic N) is 2. The van der Waals surface area contributed by atoms with Gasteiger partial charge in [0.1, 0.15) is 0 Å². The molecule has 3 rings (SSSR count). The lowest BCUT2D eigenvalue weighted by Crippen LogP contribution is -2.51. The van der Waals surface area contributed by atoms with Crippen LogP contribution in [0.5, 0.6) is 0 Å². The third-order valence-electron chi connectivity index (χ3n) is 5.86. The van der Waals surface area contributed by atoms with Gasteiger partial charge in [0.25, 0.3) is 0 Å². The Labute approximate surface area is 169 Å². The Hall–Kier alpha value is -1.55. The van der Waals surface area contributed by atoms with Crippen LogP contribution in [0, 0.1) is 5.92 Å². The molecule has 2 amide bonds. The van der Waals surface area contributed by atoms with Crippen LogP contribution in [0.2, 0.25) is 0 Å². The van der Waals surface area contributed by atoms with Gasteiger partial charge in [-0.15, -0.1) is 0 Å². The smallest absolute Gasteiger partial charge is 0.475 e. The third kappa shape index (κ3) is 7.33. The minimum absolute atomic E-state index is 0.0128. The van der Waals surface area contributed by atoms with E-state index in [-0.39, 0.29) is 17.7 Å².